The van der Waals surface area contributed by atoms with Gasteiger partial charge in [-0.05, 0) is 54.7 Å². The van der Waals surface area contributed by atoms with Crippen molar-refractivity contribution in [2.45, 2.75) is 31.8 Å². The smallest absolute Gasteiger partial charge is 0.251 e. The van der Waals surface area contributed by atoms with Gasteiger partial charge >= 0.3 is 0 Å². The predicted molar refractivity (Wildman–Crippen MR) is 106 cm³/mol. The Morgan fingerprint density at radius 3 is 2.38 bits per heavy atom. The zero-order chi connectivity index (χ0) is 20.6. The maximum atomic E-state index is 12.6. The minimum Gasteiger partial charge on any atom is -0.457 e. The molecule has 0 spiro atoms. The molecular weight excluding hydrogens is 370 g/mol. The SMILES string of the molecule is CC12CC(C(N)=O)N(C(=O)CNC(=O)c3ccc(Oc4ccccc4)cc3)C1C2. The van der Waals surface area contributed by atoms with Crippen LogP contribution in [0.5, 0.6) is 11.5 Å². The number of amides is 3. The lowest BCUT2D eigenvalue weighted by atomic mass is 10.0. The van der Waals surface area contributed by atoms with Gasteiger partial charge in [0.25, 0.3) is 5.91 Å². The van der Waals surface area contributed by atoms with Gasteiger partial charge in [0, 0.05) is 11.6 Å². The fourth-order valence-electron chi connectivity index (χ4n) is 4.03. The lowest BCUT2D eigenvalue weighted by Gasteiger charge is -2.25. The van der Waals surface area contributed by atoms with Crippen LogP contribution in [0.3, 0.4) is 0 Å². The van der Waals surface area contributed by atoms with Gasteiger partial charge in [-0.15, -0.1) is 0 Å². The molecule has 1 saturated carbocycles. The minimum absolute atomic E-state index is 0.0199. The number of para-hydroxylation sites is 1. The third-order valence-corrected chi connectivity index (χ3v) is 5.75. The van der Waals surface area contributed by atoms with Gasteiger partial charge in [-0.3, -0.25) is 14.4 Å². The molecule has 2 aliphatic rings. The van der Waals surface area contributed by atoms with Gasteiger partial charge in [0.1, 0.15) is 17.5 Å². The van der Waals surface area contributed by atoms with E-state index in [0.29, 0.717) is 23.5 Å². The number of nitrogens with two attached hydrogens (primary N) is 1. The number of hydrogen-bond acceptors (Lipinski definition) is 4. The minimum atomic E-state index is -0.586. The average Bonchev–Trinajstić information content (AvgIpc) is 3.27. The molecule has 2 aromatic rings. The Balaban J connectivity index is 1.34. The number of nitrogens with zero attached hydrogens (tertiary/aromatic N) is 1. The molecule has 1 saturated heterocycles. The zero-order valence-corrected chi connectivity index (χ0v) is 16.1. The summed E-state index contributed by atoms with van der Waals surface area (Å²) in [6, 6.07) is 15.5. The van der Waals surface area contributed by atoms with Crippen LogP contribution in [0.15, 0.2) is 54.6 Å². The van der Waals surface area contributed by atoms with Crippen LogP contribution in [0.4, 0.5) is 0 Å². The maximum Gasteiger partial charge on any atom is 0.251 e. The molecule has 4 rings (SSSR count). The van der Waals surface area contributed by atoms with Gasteiger partial charge in [0.05, 0.1) is 6.54 Å². The molecule has 3 unspecified atom stereocenters. The number of piperidine rings is 1. The van der Waals surface area contributed by atoms with Crippen molar-refractivity contribution in [2.75, 3.05) is 6.54 Å². The third-order valence-electron chi connectivity index (χ3n) is 5.75. The van der Waals surface area contributed by atoms with E-state index in [2.05, 4.69) is 12.2 Å². The van der Waals surface area contributed by atoms with E-state index in [4.69, 9.17) is 10.5 Å². The van der Waals surface area contributed by atoms with Crippen molar-refractivity contribution in [2.24, 2.45) is 11.1 Å². The molecule has 7 heteroatoms. The van der Waals surface area contributed by atoms with Crippen LogP contribution in [0, 0.1) is 5.41 Å². The molecule has 29 heavy (non-hydrogen) atoms. The second kappa shape index (κ2) is 7.24. The number of fused-ring (bicyclic) bond motifs is 1. The number of primary amides is 1. The number of benzene rings is 2. The van der Waals surface area contributed by atoms with E-state index in [0.717, 1.165) is 6.42 Å². The van der Waals surface area contributed by atoms with Crippen LogP contribution < -0.4 is 15.8 Å². The molecule has 3 atom stereocenters. The Morgan fingerprint density at radius 2 is 1.72 bits per heavy atom. The predicted octanol–water partition coefficient (Wildman–Crippen LogP) is 2.07. The second-order valence-electron chi connectivity index (χ2n) is 7.92. The Labute approximate surface area is 168 Å². The topological polar surface area (TPSA) is 102 Å². The normalized spacial score (nSPS) is 24.5. The van der Waals surface area contributed by atoms with Crippen molar-refractivity contribution in [1.82, 2.24) is 10.2 Å². The highest BCUT2D eigenvalue weighted by Gasteiger charge is 2.63. The number of nitrogens with one attached hydrogen (secondary N) is 1. The van der Waals surface area contributed by atoms with Gasteiger partial charge in [0.15, 0.2) is 0 Å². The van der Waals surface area contributed by atoms with E-state index >= 15 is 0 Å². The van der Waals surface area contributed by atoms with E-state index in [1.54, 1.807) is 29.2 Å². The summed E-state index contributed by atoms with van der Waals surface area (Å²) in [6.07, 6.45) is 1.47. The molecule has 1 aliphatic heterocycles. The lowest BCUT2D eigenvalue weighted by molar-refractivity contribution is -0.137. The largest absolute Gasteiger partial charge is 0.457 e. The number of ether oxygens (including phenoxy) is 1. The van der Waals surface area contributed by atoms with E-state index in [-0.39, 0.29) is 29.8 Å². The summed E-state index contributed by atoms with van der Waals surface area (Å²) in [5.41, 5.74) is 5.85. The molecule has 1 heterocycles. The van der Waals surface area contributed by atoms with E-state index in [9.17, 15) is 14.4 Å². The molecule has 0 aromatic heterocycles. The first-order chi connectivity index (χ1) is 13.9. The van der Waals surface area contributed by atoms with Gasteiger partial charge < -0.3 is 20.7 Å². The Hall–Kier alpha value is -3.35. The molecule has 150 valence electrons. The fraction of sp³-hybridized carbons (Fsp3) is 0.318. The van der Waals surface area contributed by atoms with Crippen molar-refractivity contribution in [1.29, 1.82) is 0 Å². The molecule has 3 amide bonds. The van der Waals surface area contributed by atoms with Crippen LogP contribution in [0.25, 0.3) is 0 Å². The molecule has 1 aliphatic carbocycles. The molecule has 3 N–H and O–H groups in total. The highest BCUT2D eigenvalue weighted by atomic mass is 16.5. The number of rotatable bonds is 6. The first-order valence-corrected chi connectivity index (χ1v) is 9.59. The van der Waals surface area contributed by atoms with Crippen LogP contribution in [-0.4, -0.2) is 41.2 Å². The number of carbonyl (C=O) groups is 3. The highest BCUT2D eigenvalue weighted by molar-refractivity contribution is 5.97. The summed E-state index contributed by atoms with van der Waals surface area (Å²) in [6.45, 7) is 1.88. The Morgan fingerprint density at radius 1 is 1.07 bits per heavy atom. The van der Waals surface area contributed by atoms with Gasteiger partial charge in [-0.1, -0.05) is 25.1 Å². The summed E-state index contributed by atoms with van der Waals surface area (Å²) in [4.78, 5) is 38.2. The molecule has 7 nitrogen and oxygen atoms in total. The first kappa shape index (κ1) is 19.0. The van der Waals surface area contributed by atoms with E-state index in [1.807, 2.05) is 30.3 Å². The van der Waals surface area contributed by atoms with Crippen LogP contribution in [-0.2, 0) is 9.59 Å². The standard InChI is InChI=1S/C22H23N3O4/c1-22-11-17(20(23)27)25(18(22)12-22)19(26)13-24-21(28)14-7-9-16(10-8-14)29-15-5-3-2-4-6-15/h2-10,17-18H,11-13H2,1H3,(H2,23,27)(H,24,28). The van der Waals surface area contributed by atoms with Crippen molar-refractivity contribution in [3.8, 4) is 11.5 Å². The molecule has 0 radical (unpaired) electrons. The number of hydrogen-bond donors (Lipinski definition) is 2. The third kappa shape index (κ3) is 3.81. The van der Waals surface area contributed by atoms with Crippen LogP contribution in [0.2, 0.25) is 0 Å². The number of likely N-dealkylation sites (tertiary alicyclic amines) is 1. The van der Waals surface area contributed by atoms with Crippen molar-refractivity contribution in [3.05, 3.63) is 60.2 Å². The van der Waals surface area contributed by atoms with Crippen molar-refractivity contribution < 1.29 is 19.1 Å². The Bertz CT molecular complexity index is 944. The molecule has 2 aromatic carbocycles. The van der Waals surface area contributed by atoms with Crippen LogP contribution in [0.1, 0.15) is 30.1 Å². The van der Waals surface area contributed by atoms with Gasteiger partial charge in [-0.2, -0.15) is 0 Å². The zero-order valence-electron chi connectivity index (χ0n) is 16.1. The average molecular weight is 393 g/mol. The lowest BCUT2D eigenvalue weighted by Crippen LogP contribution is -2.49. The fourth-order valence-corrected chi connectivity index (χ4v) is 4.03. The summed E-state index contributed by atoms with van der Waals surface area (Å²) < 4.78 is 5.70. The maximum absolute atomic E-state index is 12.6. The highest BCUT2D eigenvalue weighted by Crippen LogP contribution is 2.58. The van der Waals surface area contributed by atoms with E-state index in [1.165, 1.54) is 0 Å². The van der Waals surface area contributed by atoms with Crippen molar-refractivity contribution >= 4 is 17.7 Å². The quantitative estimate of drug-likeness (QED) is 0.784. The first-order valence-electron chi connectivity index (χ1n) is 9.59. The summed E-state index contributed by atoms with van der Waals surface area (Å²) in [5.74, 6) is 0.178. The van der Waals surface area contributed by atoms with E-state index < -0.39 is 11.9 Å². The van der Waals surface area contributed by atoms with Crippen molar-refractivity contribution in [3.63, 3.8) is 0 Å². The van der Waals surface area contributed by atoms with Gasteiger partial charge in [-0.25, -0.2) is 0 Å². The summed E-state index contributed by atoms with van der Waals surface area (Å²) in [5, 5.41) is 2.63. The van der Waals surface area contributed by atoms with Gasteiger partial charge in [0.2, 0.25) is 11.8 Å². The molecule has 2 fully saturated rings. The summed E-state index contributed by atoms with van der Waals surface area (Å²) >= 11 is 0. The second-order valence-corrected chi connectivity index (χ2v) is 7.92. The monoisotopic (exact) mass is 393 g/mol. The van der Waals surface area contributed by atoms with Crippen LogP contribution >= 0.6 is 0 Å². The molecule has 0 bridgehead atoms. The Kier molecular flexibility index (Phi) is 4.74. The molecular formula is C22H23N3O4. The number of carbonyl (C=O) groups excluding carboxylic acids is 3. The summed E-state index contributed by atoms with van der Waals surface area (Å²) in [7, 11) is 0.